The van der Waals surface area contributed by atoms with Gasteiger partial charge in [-0.25, -0.2) is 9.59 Å². The molecule has 0 spiro atoms. The van der Waals surface area contributed by atoms with E-state index in [0.29, 0.717) is 30.4 Å². The van der Waals surface area contributed by atoms with Crippen molar-refractivity contribution >= 4 is 47.3 Å². The van der Waals surface area contributed by atoms with Crippen LogP contribution in [0.3, 0.4) is 0 Å². The summed E-state index contributed by atoms with van der Waals surface area (Å²) in [4.78, 5) is 104. The van der Waals surface area contributed by atoms with E-state index >= 15 is 0 Å². The SMILES string of the molecule is CCCC(NC(=O)[C@H](CC(C)C)NC(=O)[C@@H](NC(=O)c1cc(C(=O)O)cc(C(C)(C)C)c1)C1CCCCC1)C(=O)C(=O)NCC(=O)N[C@H](C(=O)O)c1ccccc1. The molecular weight excluding hydrogens is 734 g/mol. The normalized spacial score (nSPS) is 15.3. The molecule has 0 bridgehead atoms. The average Bonchev–Trinajstić information content (AvgIpc) is 3.16. The van der Waals surface area contributed by atoms with Gasteiger partial charge in [0.1, 0.15) is 12.1 Å². The zero-order valence-corrected chi connectivity index (χ0v) is 33.6. The molecule has 1 saturated carbocycles. The number of aliphatic carboxylic acids is 1. The summed E-state index contributed by atoms with van der Waals surface area (Å²) in [5.41, 5.74) is 0.478. The maximum absolute atomic E-state index is 14.1. The third-order valence-corrected chi connectivity index (χ3v) is 9.87. The molecule has 310 valence electrons. The fourth-order valence-corrected chi connectivity index (χ4v) is 6.75. The van der Waals surface area contributed by atoms with Crippen LogP contribution in [0.4, 0.5) is 0 Å². The lowest BCUT2D eigenvalue weighted by Crippen LogP contribution is -2.58. The first-order chi connectivity index (χ1) is 26.8. The number of Topliss-reactive ketones (excluding diaryl/α,β-unsaturated/α-hetero) is 1. The number of carbonyl (C=O) groups excluding carboxylic acids is 6. The molecule has 0 saturated heterocycles. The summed E-state index contributed by atoms with van der Waals surface area (Å²) >= 11 is 0. The minimum atomic E-state index is -1.39. The van der Waals surface area contributed by atoms with Gasteiger partial charge in [0, 0.05) is 5.56 Å². The van der Waals surface area contributed by atoms with Gasteiger partial charge in [-0.3, -0.25) is 28.8 Å². The minimum Gasteiger partial charge on any atom is -0.479 e. The number of amides is 5. The zero-order chi connectivity index (χ0) is 42.4. The van der Waals surface area contributed by atoms with Gasteiger partial charge >= 0.3 is 11.9 Å². The number of ketones is 1. The molecule has 0 aromatic heterocycles. The van der Waals surface area contributed by atoms with Crippen LogP contribution in [0.1, 0.15) is 131 Å². The van der Waals surface area contributed by atoms with Crippen molar-refractivity contribution in [3.63, 3.8) is 0 Å². The second-order valence-electron chi connectivity index (χ2n) is 16.0. The largest absolute Gasteiger partial charge is 0.479 e. The number of benzene rings is 2. The topological polar surface area (TPSA) is 237 Å². The molecule has 3 rings (SSSR count). The van der Waals surface area contributed by atoms with Crippen LogP contribution in [0.2, 0.25) is 0 Å². The molecule has 2 aromatic carbocycles. The van der Waals surface area contributed by atoms with Crippen molar-refractivity contribution in [3.05, 3.63) is 70.8 Å². The van der Waals surface area contributed by atoms with E-state index in [9.17, 15) is 48.6 Å². The van der Waals surface area contributed by atoms with Crippen LogP contribution in [-0.4, -0.2) is 82.1 Å². The monoisotopic (exact) mass is 791 g/mol. The maximum Gasteiger partial charge on any atom is 0.335 e. The molecule has 0 radical (unpaired) electrons. The van der Waals surface area contributed by atoms with Crippen molar-refractivity contribution in [2.45, 2.75) is 122 Å². The summed E-state index contributed by atoms with van der Waals surface area (Å²) in [6, 6.07) is 7.43. The standard InChI is InChI=1S/C42H57N5O10/c1-7-14-30(35(49)39(53)43-23-32(48)46-34(41(56)57)26-17-12-9-13-18-26)44-37(51)31(19-24(2)3)45-38(52)33(25-15-10-8-11-16-25)47-36(50)27-20-28(40(54)55)22-29(21-27)42(4,5)6/h9,12-13,17-18,20-22,24-25,30-31,33-34H,7-8,10-11,14-16,19,23H2,1-6H3,(H,43,53)(H,44,51)(H,45,52)(H,46,48)(H,47,50)(H,54,55)(H,56,57)/t30?,31-,33-,34-/m0/s1. The highest BCUT2D eigenvalue weighted by atomic mass is 16.4. The first kappa shape index (κ1) is 45.8. The number of hydrogen-bond donors (Lipinski definition) is 7. The Morgan fingerprint density at radius 2 is 1.39 bits per heavy atom. The second-order valence-corrected chi connectivity index (χ2v) is 16.0. The first-order valence-electron chi connectivity index (χ1n) is 19.5. The van der Waals surface area contributed by atoms with Crippen LogP contribution >= 0.6 is 0 Å². The van der Waals surface area contributed by atoms with Gasteiger partial charge in [0.25, 0.3) is 11.8 Å². The van der Waals surface area contributed by atoms with E-state index in [0.717, 1.165) is 19.3 Å². The molecule has 5 amide bonds. The molecular formula is C42H57N5O10. The van der Waals surface area contributed by atoms with Crippen molar-refractivity contribution in [1.29, 1.82) is 0 Å². The number of rotatable bonds is 19. The summed E-state index contributed by atoms with van der Waals surface area (Å²) in [5.74, 6) is -7.91. The molecule has 15 heteroatoms. The highest BCUT2D eigenvalue weighted by Crippen LogP contribution is 2.28. The van der Waals surface area contributed by atoms with Gasteiger partial charge in [-0.05, 0) is 72.3 Å². The summed E-state index contributed by atoms with van der Waals surface area (Å²) in [7, 11) is 0. The van der Waals surface area contributed by atoms with Gasteiger partial charge in [0.15, 0.2) is 6.04 Å². The highest BCUT2D eigenvalue weighted by molar-refractivity contribution is 6.38. The number of carboxylic acid groups (broad SMARTS) is 2. The van der Waals surface area contributed by atoms with E-state index in [1.54, 1.807) is 31.2 Å². The average molecular weight is 792 g/mol. The smallest absolute Gasteiger partial charge is 0.335 e. The first-order valence-corrected chi connectivity index (χ1v) is 19.5. The summed E-state index contributed by atoms with van der Waals surface area (Å²) in [6.07, 6.45) is 4.53. The Kier molecular flexibility index (Phi) is 16.9. The van der Waals surface area contributed by atoms with E-state index in [1.165, 1.54) is 24.3 Å². The molecule has 0 heterocycles. The Bertz CT molecular complexity index is 1780. The number of carbonyl (C=O) groups is 8. The number of carboxylic acids is 2. The van der Waals surface area contributed by atoms with Gasteiger partial charge in [0.2, 0.25) is 23.5 Å². The number of nitrogens with one attached hydrogen (secondary N) is 5. The summed E-state index contributed by atoms with van der Waals surface area (Å²) in [5, 5.41) is 32.1. The number of hydrogen-bond acceptors (Lipinski definition) is 8. The van der Waals surface area contributed by atoms with Crippen LogP contribution < -0.4 is 26.6 Å². The Balaban J connectivity index is 1.77. The third-order valence-electron chi connectivity index (χ3n) is 9.87. The van der Waals surface area contributed by atoms with Crippen LogP contribution in [0.15, 0.2) is 48.5 Å². The van der Waals surface area contributed by atoms with Crippen molar-refractivity contribution in [2.75, 3.05) is 6.54 Å². The maximum atomic E-state index is 14.1. The summed E-state index contributed by atoms with van der Waals surface area (Å²) < 4.78 is 0. The van der Waals surface area contributed by atoms with Gasteiger partial charge in [0.05, 0.1) is 18.2 Å². The van der Waals surface area contributed by atoms with Crippen LogP contribution in [-0.2, 0) is 34.2 Å². The highest BCUT2D eigenvalue weighted by Gasteiger charge is 2.36. The molecule has 1 unspecified atom stereocenters. The van der Waals surface area contributed by atoms with Crippen LogP contribution in [0.5, 0.6) is 0 Å². The van der Waals surface area contributed by atoms with E-state index in [-0.39, 0.29) is 35.8 Å². The number of aromatic carboxylic acids is 1. The molecule has 1 aliphatic rings. The molecule has 1 fully saturated rings. The predicted octanol–water partition coefficient (Wildman–Crippen LogP) is 3.80. The Labute approximate surface area is 333 Å². The van der Waals surface area contributed by atoms with Gasteiger partial charge in [-0.2, -0.15) is 0 Å². The molecule has 0 aliphatic heterocycles. The molecule has 2 aromatic rings. The molecule has 15 nitrogen and oxygen atoms in total. The lowest BCUT2D eigenvalue weighted by atomic mass is 9.82. The van der Waals surface area contributed by atoms with Crippen LogP contribution in [0, 0.1) is 11.8 Å². The zero-order valence-electron chi connectivity index (χ0n) is 33.6. The van der Waals surface area contributed by atoms with Gasteiger partial charge < -0.3 is 36.8 Å². The quantitative estimate of drug-likeness (QED) is 0.102. The third kappa shape index (κ3) is 13.8. The van der Waals surface area contributed by atoms with Crippen molar-refractivity contribution in [3.8, 4) is 0 Å². The lowest BCUT2D eigenvalue weighted by molar-refractivity contribution is -0.142. The van der Waals surface area contributed by atoms with E-state index in [2.05, 4.69) is 26.6 Å². The fourth-order valence-electron chi connectivity index (χ4n) is 6.75. The van der Waals surface area contributed by atoms with E-state index < -0.39 is 83.4 Å². The molecule has 57 heavy (non-hydrogen) atoms. The fraction of sp³-hybridized carbons (Fsp3) is 0.524. The Morgan fingerprint density at radius 3 is 1.95 bits per heavy atom. The van der Waals surface area contributed by atoms with Gasteiger partial charge in [-0.15, -0.1) is 0 Å². The Morgan fingerprint density at radius 1 is 0.772 bits per heavy atom. The predicted molar refractivity (Wildman–Crippen MR) is 211 cm³/mol. The summed E-state index contributed by atoms with van der Waals surface area (Å²) in [6.45, 7) is 10.4. The van der Waals surface area contributed by atoms with Crippen LogP contribution in [0.25, 0.3) is 0 Å². The lowest BCUT2D eigenvalue weighted by Gasteiger charge is -2.32. The second kappa shape index (κ2) is 21.1. The van der Waals surface area contributed by atoms with Crippen molar-refractivity contribution in [2.24, 2.45) is 11.8 Å². The molecule has 4 atom stereocenters. The Hall–Kier alpha value is -5.60. The molecule has 1 aliphatic carbocycles. The molecule has 7 N–H and O–H groups in total. The van der Waals surface area contributed by atoms with Gasteiger partial charge in [-0.1, -0.05) is 97.6 Å². The minimum absolute atomic E-state index is 0.0638. The van der Waals surface area contributed by atoms with Crippen molar-refractivity contribution in [1.82, 2.24) is 26.6 Å². The van der Waals surface area contributed by atoms with Crippen molar-refractivity contribution < 1.29 is 48.6 Å². The van der Waals surface area contributed by atoms with E-state index in [1.807, 2.05) is 34.6 Å². The van der Waals surface area contributed by atoms with E-state index in [4.69, 9.17) is 0 Å².